The monoisotopic (exact) mass is 194 g/mol. The van der Waals surface area contributed by atoms with Crippen molar-refractivity contribution in [3.8, 4) is 0 Å². The van der Waals surface area contributed by atoms with Crippen LogP contribution in [0.1, 0.15) is 32.0 Å². The van der Waals surface area contributed by atoms with E-state index in [4.69, 9.17) is 5.11 Å². The van der Waals surface area contributed by atoms with E-state index in [1.54, 1.807) is 6.20 Å². The highest BCUT2D eigenvalue weighted by Crippen LogP contribution is 2.09. The van der Waals surface area contributed by atoms with Crippen molar-refractivity contribution in [1.29, 1.82) is 0 Å². The van der Waals surface area contributed by atoms with Crippen LogP contribution in [0.15, 0.2) is 24.4 Å². The van der Waals surface area contributed by atoms with Crippen molar-refractivity contribution >= 4 is 0 Å². The van der Waals surface area contributed by atoms with Gasteiger partial charge in [-0.15, -0.1) is 0 Å². The fraction of sp³-hybridized carbons (Fsp3) is 0.545. The normalized spacial score (nSPS) is 15.1. The zero-order valence-corrected chi connectivity index (χ0v) is 8.77. The fourth-order valence-electron chi connectivity index (χ4n) is 1.42. The Bertz CT molecular complexity index is 251. The van der Waals surface area contributed by atoms with Gasteiger partial charge in [0.2, 0.25) is 0 Å². The largest absolute Gasteiger partial charge is 0.396 e. The average molecular weight is 194 g/mol. The Balaban J connectivity index is 2.46. The summed E-state index contributed by atoms with van der Waals surface area (Å²) in [5, 5.41) is 12.1. The SMILES string of the molecule is CC(N[C@H](C)CCO)c1ccccn1. The lowest BCUT2D eigenvalue weighted by Gasteiger charge is -2.18. The molecule has 1 aromatic rings. The van der Waals surface area contributed by atoms with Gasteiger partial charge in [0.05, 0.1) is 5.69 Å². The van der Waals surface area contributed by atoms with E-state index < -0.39 is 0 Å². The molecule has 3 heteroatoms. The summed E-state index contributed by atoms with van der Waals surface area (Å²) >= 11 is 0. The molecule has 1 unspecified atom stereocenters. The zero-order valence-electron chi connectivity index (χ0n) is 8.77. The molecule has 0 saturated heterocycles. The highest BCUT2D eigenvalue weighted by atomic mass is 16.3. The van der Waals surface area contributed by atoms with Crippen LogP contribution in [-0.2, 0) is 0 Å². The number of aliphatic hydroxyl groups is 1. The summed E-state index contributed by atoms with van der Waals surface area (Å²) in [6.45, 7) is 4.37. The number of rotatable bonds is 5. The lowest BCUT2D eigenvalue weighted by Crippen LogP contribution is -2.30. The van der Waals surface area contributed by atoms with Gasteiger partial charge in [-0.05, 0) is 32.4 Å². The number of nitrogens with one attached hydrogen (secondary N) is 1. The highest BCUT2D eigenvalue weighted by molar-refractivity contribution is 5.07. The van der Waals surface area contributed by atoms with Crippen molar-refractivity contribution < 1.29 is 5.11 Å². The van der Waals surface area contributed by atoms with Crippen LogP contribution in [0, 0.1) is 0 Å². The fourth-order valence-corrected chi connectivity index (χ4v) is 1.42. The minimum atomic E-state index is 0.225. The Morgan fingerprint density at radius 3 is 2.79 bits per heavy atom. The maximum atomic E-state index is 8.76. The molecular weight excluding hydrogens is 176 g/mol. The van der Waals surface area contributed by atoms with Crippen LogP contribution >= 0.6 is 0 Å². The summed E-state index contributed by atoms with van der Waals surface area (Å²) in [5.41, 5.74) is 1.04. The van der Waals surface area contributed by atoms with E-state index in [0.717, 1.165) is 12.1 Å². The highest BCUT2D eigenvalue weighted by Gasteiger charge is 2.08. The van der Waals surface area contributed by atoms with Gasteiger partial charge in [-0.25, -0.2) is 0 Å². The van der Waals surface area contributed by atoms with E-state index in [2.05, 4.69) is 24.1 Å². The van der Waals surface area contributed by atoms with Gasteiger partial charge in [-0.1, -0.05) is 6.07 Å². The number of nitrogens with zero attached hydrogens (tertiary/aromatic N) is 1. The van der Waals surface area contributed by atoms with Gasteiger partial charge in [0.25, 0.3) is 0 Å². The molecule has 0 amide bonds. The van der Waals surface area contributed by atoms with Crippen LogP contribution in [0.3, 0.4) is 0 Å². The Morgan fingerprint density at radius 1 is 1.43 bits per heavy atom. The maximum Gasteiger partial charge on any atom is 0.0570 e. The van der Waals surface area contributed by atoms with E-state index in [1.165, 1.54) is 0 Å². The van der Waals surface area contributed by atoms with Crippen molar-refractivity contribution in [3.63, 3.8) is 0 Å². The van der Waals surface area contributed by atoms with Crippen molar-refractivity contribution in [2.75, 3.05) is 6.61 Å². The second-order valence-electron chi connectivity index (χ2n) is 3.56. The molecule has 0 fully saturated rings. The molecule has 2 N–H and O–H groups in total. The standard InChI is InChI=1S/C11H18N2O/c1-9(6-8-14)13-10(2)11-5-3-4-7-12-11/h3-5,7,9-10,13-14H,6,8H2,1-2H3/t9-,10?/m1/s1. The first-order valence-electron chi connectivity index (χ1n) is 5.02. The molecule has 1 heterocycles. The minimum Gasteiger partial charge on any atom is -0.396 e. The van der Waals surface area contributed by atoms with Crippen LogP contribution in [0.25, 0.3) is 0 Å². The molecule has 0 radical (unpaired) electrons. The van der Waals surface area contributed by atoms with Gasteiger partial charge in [0.15, 0.2) is 0 Å². The molecule has 1 rings (SSSR count). The molecule has 78 valence electrons. The molecule has 3 nitrogen and oxygen atoms in total. The predicted octanol–water partition coefficient (Wildman–Crippen LogP) is 1.50. The topological polar surface area (TPSA) is 45.1 Å². The lowest BCUT2D eigenvalue weighted by molar-refractivity contribution is 0.264. The third-order valence-corrected chi connectivity index (χ3v) is 2.23. The Kier molecular flexibility index (Phi) is 4.56. The van der Waals surface area contributed by atoms with E-state index >= 15 is 0 Å². The van der Waals surface area contributed by atoms with Gasteiger partial charge in [-0.2, -0.15) is 0 Å². The third kappa shape index (κ3) is 3.44. The smallest absolute Gasteiger partial charge is 0.0570 e. The van der Waals surface area contributed by atoms with Crippen molar-refractivity contribution in [1.82, 2.24) is 10.3 Å². The van der Waals surface area contributed by atoms with E-state index in [-0.39, 0.29) is 12.6 Å². The van der Waals surface area contributed by atoms with Crippen LogP contribution in [0.2, 0.25) is 0 Å². The quantitative estimate of drug-likeness (QED) is 0.746. The van der Waals surface area contributed by atoms with Gasteiger partial charge in [0.1, 0.15) is 0 Å². The maximum absolute atomic E-state index is 8.76. The minimum absolute atomic E-state index is 0.225. The molecule has 0 spiro atoms. The third-order valence-electron chi connectivity index (χ3n) is 2.23. The molecule has 0 aromatic carbocycles. The van der Waals surface area contributed by atoms with Crippen LogP contribution in [0.4, 0.5) is 0 Å². The van der Waals surface area contributed by atoms with Gasteiger partial charge in [-0.3, -0.25) is 4.98 Å². The summed E-state index contributed by atoms with van der Waals surface area (Å²) in [6.07, 6.45) is 2.57. The first-order valence-corrected chi connectivity index (χ1v) is 5.02. The zero-order chi connectivity index (χ0) is 10.4. The van der Waals surface area contributed by atoms with Crippen molar-refractivity contribution in [2.45, 2.75) is 32.4 Å². The summed E-state index contributed by atoms with van der Waals surface area (Å²) in [4.78, 5) is 4.27. The van der Waals surface area contributed by atoms with Gasteiger partial charge < -0.3 is 10.4 Å². The van der Waals surface area contributed by atoms with E-state index in [0.29, 0.717) is 6.04 Å². The van der Waals surface area contributed by atoms with Crippen molar-refractivity contribution in [2.24, 2.45) is 0 Å². The second-order valence-corrected chi connectivity index (χ2v) is 3.56. The number of aromatic nitrogens is 1. The predicted molar refractivity (Wildman–Crippen MR) is 57.0 cm³/mol. The van der Waals surface area contributed by atoms with Crippen molar-refractivity contribution in [3.05, 3.63) is 30.1 Å². The Morgan fingerprint density at radius 2 is 2.21 bits per heavy atom. The first-order chi connectivity index (χ1) is 6.74. The molecular formula is C11H18N2O. The Hall–Kier alpha value is -0.930. The second kappa shape index (κ2) is 5.73. The molecule has 2 atom stereocenters. The number of hydrogen-bond donors (Lipinski definition) is 2. The summed E-state index contributed by atoms with van der Waals surface area (Å²) in [6, 6.07) is 6.45. The molecule has 1 aromatic heterocycles. The first kappa shape index (κ1) is 11.1. The van der Waals surface area contributed by atoms with Gasteiger partial charge >= 0.3 is 0 Å². The van der Waals surface area contributed by atoms with Gasteiger partial charge in [0, 0.05) is 24.9 Å². The number of aliphatic hydroxyl groups excluding tert-OH is 1. The van der Waals surface area contributed by atoms with Crippen LogP contribution in [-0.4, -0.2) is 22.7 Å². The van der Waals surface area contributed by atoms with Crippen LogP contribution < -0.4 is 5.32 Å². The molecule has 0 aliphatic heterocycles. The summed E-state index contributed by atoms with van der Waals surface area (Å²) < 4.78 is 0. The molecule has 0 bridgehead atoms. The Labute approximate surface area is 85.2 Å². The molecule has 0 aliphatic carbocycles. The molecule has 14 heavy (non-hydrogen) atoms. The summed E-state index contributed by atoms with van der Waals surface area (Å²) in [5.74, 6) is 0. The molecule has 0 aliphatic rings. The van der Waals surface area contributed by atoms with Crippen LogP contribution in [0.5, 0.6) is 0 Å². The number of pyridine rings is 1. The van der Waals surface area contributed by atoms with E-state index in [9.17, 15) is 0 Å². The molecule has 0 saturated carbocycles. The lowest BCUT2D eigenvalue weighted by atomic mass is 10.1. The summed E-state index contributed by atoms with van der Waals surface area (Å²) in [7, 11) is 0. The number of hydrogen-bond acceptors (Lipinski definition) is 3. The van der Waals surface area contributed by atoms with E-state index in [1.807, 2.05) is 18.2 Å². The average Bonchev–Trinajstić information content (AvgIpc) is 2.19.